The quantitative estimate of drug-likeness (QED) is 0.865. The van der Waals surface area contributed by atoms with Crippen LogP contribution in [0.25, 0.3) is 11.7 Å². The zero-order valence-electron chi connectivity index (χ0n) is 12.7. The van der Waals surface area contributed by atoms with E-state index in [-0.39, 0.29) is 30.4 Å². The minimum Gasteiger partial charge on any atom is -0.459 e. The maximum absolute atomic E-state index is 12.5. The first-order valence-corrected chi connectivity index (χ1v) is 7.49. The molecule has 0 aliphatic carbocycles. The van der Waals surface area contributed by atoms with Crippen molar-refractivity contribution in [3.8, 4) is 11.7 Å². The van der Waals surface area contributed by atoms with Gasteiger partial charge in [0.15, 0.2) is 5.76 Å². The molecule has 0 saturated carbocycles. The fourth-order valence-corrected chi connectivity index (χ4v) is 3.03. The van der Waals surface area contributed by atoms with Gasteiger partial charge >= 0.3 is 5.76 Å². The number of furan rings is 1. The summed E-state index contributed by atoms with van der Waals surface area (Å²) in [4.78, 5) is 26.2. The number of carbonyl (C=O) groups excluding carboxylic acids is 1. The number of aromatic nitrogens is 2. The van der Waals surface area contributed by atoms with Crippen LogP contribution in [0, 0.1) is 0 Å². The van der Waals surface area contributed by atoms with Gasteiger partial charge in [-0.3, -0.25) is 4.79 Å². The third kappa shape index (κ3) is 2.70. The molecular formula is C15H19N3O4. The molecule has 3 heterocycles. The van der Waals surface area contributed by atoms with Gasteiger partial charge in [-0.25, -0.2) is 4.79 Å². The van der Waals surface area contributed by atoms with Crippen LogP contribution in [-0.2, 0) is 11.3 Å². The van der Waals surface area contributed by atoms with E-state index in [1.165, 1.54) is 6.26 Å². The van der Waals surface area contributed by atoms with Crippen molar-refractivity contribution in [2.45, 2.75) is 51.7 Å². The number of hydrogen-bond acceptors (Lipinski definition) is 5. The van der Waals surface area contributed by atoms with E-state index in [9.17, 15) is 9.59 Å². The Bertz CT molecular complexity index is 691. The monoisotopic (exact) mass is 305 g/mol. The average molecular weight is 305 g/mol. The first-order valence-electron chi connectivity index (χ1n) is 7.49. The van der Waals surface area contributed by atoms with Crippen LogP contribution in [0.3, 0.4) is 0 Å². The molecule has 7 nitrogen and oxygen atoms in total. The number of likely N-dealkylation sites (tertiary alicyclic amines) is 1. The van der Waals surface area contributed by atoms with Gasteiger partial charge in [-0.05, 0) is 45.2 Å². The van der Waals surface area contributed by atoms with Gasteiger partial charge in [-0.2, -0.15) is 4.68 Å². The smallest absolute Gasteiger partial charge is 0.437 e. The predicted molar refractivity (Wildman–Crippen MR) is 78.1 cm³/mol. The van der Waals surface area contributed by atoms with E-state index in [1.807, 2.05) is 18.7 Å². The van der Waals surface area contributed by atoms with Gasteiger partial charge in [0.2, 0.25) is 5.91 Å². The summed E-state index contributed by atoms with van der Waals surface area (Å²) in [5.41, 5.74) is 0. The number of piperidine rings is 1. The van der Waals surface area contributed by atoms with Crippen molar-refractivity contribution in [2.24, 2.45) is 0 Å². The second kappa shape index (κ2) is 5.82. The van der Waals surface area contributed by atoms with E-state index in [0.29, 0.717) is 5.76 Å². The summed E-state index contributed by atoms with van der Waals surface area (Å²) in [6, 6.07) is 3.69. The Morgan fingerprint density at radius 1 is 1.36 bits per heavy atom. The average Bonchev–Trinajstić information content (AvgIpc) is 3.09. The van der Waals surface area contributed by atoms with Crippen LogP contribution in [0.15, 0.2) is 32.0 Å². The molecule has 3 rings (SSSR count). The SMILES string of the molecule is CC1CCCC(C)N1C(=O)Cn1nc(-c2ccco2)oc1=O. The number of nitrogens with zero attached hydrogens (tertiary/aromatic N) is 3. The number of rotatable bonds is 3. The molecule has 2 unspecified atom stereocenters. The fraction of sp³-hybridized carbons (Fsp3) is 0.533. The molecule has 118 valence electrons. The van der Waals surface area contributed by atoms with E-state index in [4.69, 9.17) is 8.83 Å². The topological polar surface area (TPSA) is 81.5 Å². The summed E-state index contributed by atoms with van der Waals surface area (Å²) in [6.07, 6.45) is 4.57. The van der Waals surface area contributed by atoms with E-state index < -0.39 is 5.76 Å². The molecule has 0 spiro atoms. The molecule has 1 fully saturated rings. The highest BCUT2D eigenvalue weighted by Crippen LogP contribution is 2.23. The van der Waals surface area contributed by atoms with Crippen LogP contribution in [0.5, 0.6) is 0 Å². The molecular weight excluding hydrogens is 286 g/mol. The molecule has 7 heteroatoms. The van der Waals surface area contributed by atoms with E-state index in [1.54, 1.807) is 12.1 Å². The normalized spacial score (nSPS) is 22.0. The van der Waals surface area contributed by atoms with Gasteiger partial charge in [0.05, 0.1) is 6.26 Å². The minimum atomic E-state index is -0.655. The lowest BCUT2D eigenvalue weighted by atomic mass is 9.97. The Balaban J connectivity index is 1.78. The zero-order chi connectivity index (χ0) is 15.7. The third-order valence-electron chi connectivity index (χ3n) is 4.10. The highest BCUT2D eigenvalue weighted by molar-refractivity contribution is 5.76. The number of hydrogen-bond donors (Lipinski definition) is 0. The minimum absolute atomic E-state index is 0.0857. The summed E-state index contributed by atoms with van der Waals surface area (Å²) in [5, 5.41) is 4.03. The standard InChI is InChI=1S/C15H19N3O4/c1-10-5-3-6-11(2)18(10)13(19)9-17-15(20)22-14(16-17)12-7-4-8-21-12/h4,7-8,10-11H,3,5-6,9H2,1-2H3. The maximum Gasteiger partial charge on any atom is 0.437 e. The molecule has 0 aromatic carbocycles. The molecule has 0 bridgehead atoms. The molecule has 1 aliphatic heterocycles. The lowest BCUT2D eigenvalue weighted by Crippen LogP contribution is -2.49. The molecule has 22 heavy (non-hydrogen) atoms. The third-order valence-corrected chi connectivity index (χ3v) is 4.10. The van der Waals surface area contributed by atoms with Crippen molar-refractivity contribution in [3.63, 3.8) is 0 Å². The van der Waals surface area contributed by atoms with E-state index in [0.717, 1.165) is 23.9 Å². The lowest BCUT2D eigenvalue weighted by Gasteiger charge is -2.38. The highest BCUT2D eigenvalue weighted by atomic mass is 16.4. The molecule has 1 amide bonds. The summed E-state index contributed by atoms with van der Waals surface area (Å²) in [7, 11) is 0. The molecule has 0 N–H and O–H groups in total. The Hall–Kier alpha value is -2.31. The molecule has 1 aliphatic rings. The van der Waals surface area contributed by atoms with E-state index in [2.05, 4.69) is 5.10 Å². The van der Waals surface area contributed by atoms with Gasteiger partial charge < -0.3 is 13.7 Å². The first-order chi connectivity index (χ1) is 10.6. The summed E-state index contributed by atoms with van der Waals surface area (Å²) >= 11 is 0. The molecule has 2 atom stereocenters. The van der Waals surface area contributed by atoms with Crippen LogP contribution in [-0.4, -0.2) is 32.7 Å². The van der Waals surface area contributed by atoms with E-state index >= 15 is 0 Å². The Kier molecular flexibility index (Phi) is 3.87. The first kappa shape index (κ1) is 14.6. The number of amides is 1. The molecule has 0 radical (unpaired) electrons. The zero-order valence-corrected chi connectivity index (χ0v) is 12.7. The maximum atomic E-state index is 12.5. The lowest BCUT2D eigenvalue weighted by molar-refractivity contribution is -0.138. The van der Waals surface area contributed by atoms with Crippen LogP contribution in [0.1, 0.15) is 33.1 Å². The van der Waals surface area contributed by atoms with Crippen molar-refractivity contribution in [3.05, 3.63) is 28.9 Å². The molecule has 1 saturated heterocycles. The summed E-state index contributed by atoms with van der Waals surface area (Å²) in [5.74, 6) is -0.316. The van der Waals surface area contributed by atoms with Crippen molar-refractivity contribution in [2.75, 3.05) is 0 Å². The molecule has 2 aromatic heterocycles. The van der Waals surface area contributed by atoms with Crippen LogP contribution < -0.4 is 5.76 Å². The van der Waals surface area contributed by atoms with Crippen LogP contribution in [0.4, 0.5) is 0 Å². The second-order valence-corrected chi connectivity index (χ2v) is 5.74. The predicted octanol–water partition coefficient (Wildman–Crippen LogP) is 1.89. The van der Waals surface area contributed by atoms with Gasteiger partial charge in [-0.15, -0.1) is 5.10 Å². The van der Waals surface area contributed by atoms with Crippen LogP contribution in [0.2, 0.25) is 0 Å². The second-order valence-electron chi connectivity index (χ2n) is 5.74. The summed E-state index contributed by atoms with van der Waals surface area (Å²) < 4.78 is 11.2. The van der Waals surface area contributed by atoms with Crippen LogP contribution >= 0.6 is 0 Å². The molecule has 2 aromatic rings. The summed E-state index contributed by atoms with van der Waals surface area (Å²) in [6.45, 7) is 3.96. The Labute approximate surface area is 127 Å². The fourth-order valence-electron chi connectivity index (χ4n) is 3.03. The number of carbonyl (C=O) groups is 1. The van der Waals surface area contributed by atoms with Gasteiger partial charge in [0, 0.05) is 12.1 Å². The van der Waals surface area contributed by atoms with Crippen molar-refractivity contribution < 1.29 is 13.6 Å². The largest absolute Gasteiger partial charge is 0.459 e. The van der Waals surface area contributed by atoms with Gasteiger partial charge in [-0.1, -0.05) is 0 Å². The van der Waals surface area contributed by atoms with Gasteiger partial charge in [0.1, 0.15) is 6.54 Å². The van der Waals surface area contributed by atoms with Crippen molar-refractivity contribution in [1.29, 1.82) is 0 Å². The van der Waals surface area contributed by atoms with Crippen molar-refractivity contribution >= 4 is 5.91 Å². The highest BCUT2D eigenvalue weighted by Gasteiger charge is 2.29. The Morgan fingerprint density at radius 2 is 2.09 bits per heavy atom. The Morgan fingerprint density at radius 3 is 2.73 bits per heavy atom. The van der Waals surface area contributed by atoms with Crippen molar-refractivity contribution in [1.82, 2.24) is 14.7 Å². The van der Waals surface area contributed by atoms with Gasteiger partial charge in [0.25, 0.3) is 5.89 Å².